The Balaban J connectivity index is 1.50. The predicted molar refractivity (Wildman–Crippen MR) is 154 cm³/mol. The fourth-order valence-electron chi connectivity index (χ4n) is 4.84. The van der Waals surface area contributed by atoms with Crippen LogP contribution in [0.1, 0.15) is 30.4 Å². The zero-order chi connectivity index (χ0) is 26.2. The normalized spacial score (nSPS) is 17.0. The molecule has 0 aliphatic carbocycles. The maximum Gasteiger partial charge on any atom is 0.221 e. The Morgan fingerprint density at radius 2 is 1.95 bits per heavy atom. The summed E-state index contributed by atoms with van der Waals surface area (Å²) in [4.78, 5) is 23.5. The summed E-state index contributed by atoms with van der Waals surface area (Å²) in [6, 6.07) is 23.3. The second-order valence-corrected chi connectivity index (χ2v) is 10.2. The summed E-state index contributed by atoms with van der Waals surface area (Å²) in [6.45, 7) is 1.47. The number of thiazole rings is 1. The average molecular weight is 541 g/mol. The van der Waals surface area contributed by atoms with Crippen LogP contribution >= 0.6 is 23.6 Å². The number of ether oxygens (including phenoxy) is 1. The quantitative estimate of drug-likeness (QED) is 0.270. The highest BCUT2D eigenvalue weighted by molar-refractivity contribution is 7.80. The fraction of sp³-hybridized carbons (Fsp3) is 0.143. The molecule has 1 aliphatic heterocycles. The molecule has 4 heterocycles. The first-order chi connectivity index (χ1) is 18.5. The topological polar surface area (TPSA) is 84.3 Å². The van der Waals surface area contributed by atoms with Crippen molar-refractivity contribution in [2.45, 2.75) is 19.0 Å². The van der Waals surface area contributed by atoms with Crippen molar-refractivity contribution in [3.8, 4) is 10.9 Å². The SMILES string of the molecule is COc1ccc(N2C(=S)N[C@H](c3ccccn3)[C@@H]2c2cccn2-c2nc3ccccc3s2)cc1NC(C)=O. The Bertz CT molecular complexity index is 1610. The van der Waals surface area contributed by atoms with Crippen LogP contribution in [0.3, 0.4) is 0 Å². The number of amides is 1. The molecule has 6 rings (SSSR count). The minimum absolute atomic E-state index is 0.185. The number of para-hydroxylation sites is 1. The highest BCUT2D eigenvalue weighted by Crippen LogP contribution is 2.44. The van der Waals surface area contributed by atoms with E-state index in [1.165, 1.54) is 6.92 Å². The third kappa shape index (κ3) is 4.27. The van der Waals surface area contributed by atoms with Crippen LogP contribution in [0, 0.1) is 0 Å². The third-order valence-electron chi connectivity index (χ3n) is 6.44. The van der Waals surface area contributed by atoms with Crippen molar-refractivity contribution in [2.75, 3.05) is 17.3 Å². The number of anilines is 2. The molecule has 1 saturated heterocycles. The lowest BCUT2D eigenvalue weighted by molar-refractivity contribution is -0.114. The number of nitrogens with one attached hydrogen (secondary N) is 2. The molecule has 3 aromatic heterocycles. The first-order valence-electron chi connectivity index (χ1n) is 12.0. The zero-order valence-electron chi connectivity index (χ0n) is 20.7. The van der Waals surface area contributed by atoms with Gasteiger partial charge < -0.3 is 20.3 Å². The van der Waals surface area contributed by atoms with E-state index in [1.807, 2.05) is 66.9 Å². The lowest BCUT2D eigenvalue weighted by atomic mass is 10.0. The predicted octanol–water partition coefficient (Wildman–Crippen LogP) is 5.63. The Hall–Kier alpha value is -4.28. The molecule has 0 radical (unpaired) electrons. The molecule has 0 unspecified atom stereocenters. The number of thiocarbonyl (C=S) groups is 1. The largest absolute Gasteiger partial charge is 0.495 e. The first-order valence-corrected chi connectivity index (χ1v) is 13.3. The smallest absolute Gasteiger partial charge is 0.221 e. The number of hydrogen-bond donors (Lipinski definition) is 2. The molecule has 38 heavy (non-hydrogen) atoms. The summed E-state index contributed by atoms with van der Waals surface area (Å²) < 4.78 is 8.72. The average Bonchev–Trinajstić information content (AvgIpc) is 3.65. The second kappa shape index (κ2) is 9.88. The summed E-state index contributed by atoms with van der Waals surface area (Å²) in [5.74, 6) is 0.382. The van der Waals surface area contributed by atoms with Gasteiger partial charge >= 0.3 is 0 Å². The van der Waals surface area contributed by atoms with E-state index in [9.17, 15) is 4.79 Å². The summed E-state index contributed by atoms with van der Waals surface area (Å²) in [5.41, 5.74) is 4.22. The molecule has 0 bridgehead atoms. The number of pyridine rings is 1. The van der Waals surface area contributed by atoms with Crippen LogP contribution < -0.4 is 20.3 Å². The van der Waals surface area contributed by atoms with Crippen molar-refractivity contribution < 1.29 is 9.53 Å². The highest BCUT2D eigenvalue weighted by atomic mass is 32.1. The zero-order valence-corrected chi connectivity index (χ0v) is 22.3. The molecule has 190 valence electrons. The van der Waals surface area contributed by atoms with E-state index in [-0.39, 0.29) is 18.0 Å². The van der Waals surface area contributed by atoms with Gasteiger partial charge in [-0.1, -0.05) is 29.5 Å². The van der Waals surface area contributed by atoms with E-state index >= 15 is 0 Å². The fourth-order valence-corrected chi connectivity index (χ4v) is 6.16. The first kappa shape index (κ1) is 24.1. The van der Waals surface area contributed by atoms with Gasteiger partial charge in [-0.05, 0) is 66.8 Å². The molecule has 2 atom stereocenters. The molecule has 2 aromatic carbocycles. The van der Waals surface area contributed by atoms with E-state index in [2.05, 4.69) is 37.2 Å². The number of hydrogen-bond acceptors (Lipinski definition) is 6. The van der Waals surface area contributed by atoms with Gasteiger partial charge in [-0.2, -0.15) is 0 Å². The minimum Gasteiger partial charge on any atom is -0.495 e. The molecule has 0 saturated carbocycles. The number of aromatic nitrogens is 3. The standard InChI is InChI=1S/C28H24N6O2S2/c1-17(35)30-21-16-18(12-13-23(21)36-2)34-26(25(32-27(34)37)20-9-5-6-14-29-20)22-10-7-15-33(22)28-31-19-8-3-4-11-24(19)38-28/h3-16,25-26H,1-2H3,(H,30,35)(H,32,37)/t25-,26+/m1/s1. The number of fused-ring (bicyclic) bond motifs is 1. The molecule has 1 amide bonds. The van der Waals surface area contributed by atoms with Crippen molar-refractivity contribution in [2.24, 2.45) is 0 Å². The van der Waals surface area contributed by atoms with Crippen LogP contribution in [0.5, 0.6) is 5.75 Å². The van der Waals surface area contributed by atoms with Gasteiger partial charge in [0.05, 0.1) is 40.4 Å². The summed E-state index contributed by atoms with van der Waals surface area (Å²) in [7, 11) is 1.58. The molecule has 10 heteroatoms. The maximum atomic E-state index is 11.9. The van der Waals surface area contributed by atoms with E-state index < -0.39 is 0 Å². The Morgan fingerprint density at radius 3 is 2.71 bits per heavy atom. The minimum atomic E-state index is -0.252. The van der Waals surface area contributed by atoms with Gasteiger partial charge in [-0.3, -0.25) is 14.3 Å². The van der Waals surface area contributed by atoms with Crippen LogP contribution in [-0.4, -0.2) is 32.7 Å². The van der Waals surface area contributed by atoms with Gasteiger partial charge in [0.1, 0.15) is 11.8 Å². The molecular weight excluding hydrogens is 516 g/mol. The summed E-state index contributed by atoms with van der Waals surface area (Å²) >= 11 is 7.54. The van der Waals surface area contributed by atoms with Crippen LogP contribution in [0.25, 0.3) is 15.3 Å². The van der Waals surface area contributed by atoms with Crippen LogP contribution in [0.4, 0.5) is 11.4 Å². The van der Waals surface area contributed by atoms with Crippen molar-refractivity contribution in [3.05, 3.63) is 96.6 Å². The van der Waals surface area contributed by atoms with Crippen molar-refractivity contribution in [1.82, 2.24) is 19.9 Å². The lowest BCUT2D eigenvalue weighted by Gasteiger charge is -2.29. The lowest BCUT2D eigenvalue weighted by Crippen LogP contribution is -2.30. The second-order valence-electron chi connectivity index (χ2n) is 8.83. The monoisotopic (exact) mass is 540 g/mol. The highest BCUT2D eigenvalue weighted by Gasteiger charge is 2.42. The van der Waals surface area contributed by atoms with Crippen LogP contribution in [0.2, 0.25) is 0 Å². The van der Waals surface area contributed by atoms with Gasteiger partial charge in [0.15, 0.2) is 10.2 Å². The van der Waals surface area contributed by atoms with Crippen LogP contribution in [-0.2, 0) is 4.79 Å². The van der Waals surface area contributed by atoms with Crippen molar-refractivity contribution >= 4 is 56.2 Å². The number of nitrogens with zero attached hydrogens (tertiary/aromatic N) is 4. The number of carbonyl (C=O) groups excluding carboxylic acids is 1. The van der Waals surface area contributed by atoms with E-state index in [4.69, 9.17) is 21.9 Å². The van der Waals surface area contributed by atoms with Gasteiger partial charge in [0.25, 0.3) is 0 Å². The molecule has 1 fully saturated rings. The molecular formula is C28H24N6O2S2. The number of benzene rings is 2. The number of rotatable bonds is 6. The Labute approximate surface area is 228 Å². The van der Waals surface area contributed by atoms with Gasteiger partial charge in [-0.25, -0.2) is 4.98 Å². The molecule has 2 N–H and O–H groups in total. The van der Waals surface area contributed by atoms with Crippen molar-refractivity contribution in [1.29, 1.82) is 0 Å². The Kier molecular flexibility index (Phi) is 6.26. The van der Waals surface area contributed by atoms with Crippen LogP contribution in [0.15, 0.2) is 85.2 Å². The maximum absolute atomic E-state index is 11.9. The summed E-state index contributed by atoms with van der Waals surface area (Å²) in [5, 5.41) is 7.79. The third-order valence-corrected chi connectivity index (χ3v) is 7.79. The van der Waals surface area contributed by atoms with E-state index in [1.54, 1.807) is 24.6 Å². The van der Waals surface area contributed by atoms with Crippen molar-refractivity contribution in [3.63, 3.8) is 0 Å². The molecule has 5 aromatic rings. The van der Waals surface area contributed by atoms with E-state index in [0.717, 1.165) is 32.4 Å². The van der Waals surface area contributed by atoms with Gasteiger partial charge in [0, 0.05) is 25.0 Å². The Morgan fingerprint density at radius 1 is 1.11 bits per heavy atom. The van der Waals surface area contributed by atoms with Gasteiger partial charge in [-0.15, -0.1) is 0 Å². The number of carbonyl (C=O) groups is 1. The molecule has 1 aliphatic rings. The molecule has 8 nitrogen and oxygen atoms in total. The number of methoxy groups -OCH3 is 1. The van der Waals surface area contributed by atoms with E-state index in [0.29, 0.717) is 16.5 Å². The summed E-state index contributed by atoms with van der Waals surface area (Å²) in [6.07, 6.45) is 3.81. The van der Waals surface area contributed by atoms with Gasteiger partial charge in [0.2, 0.25) is 5.91 Å². The molecule has 0 spiro atoms.